The Morgan fingerprint density at radius 2 is 1.26 bits per heavy atom. The molecule has 2 aromatic carbocycles. The van der Waals surface area contributed by atoms with Gasteiger partial charge >= 0.3 is 5.97 Å². The van der Waals surface area contributed by atoms with Gasteiger partial charge in [0.1, 0.15) is 17.5 Å². The van der Waals surface area contributed by atoms with Gasteiger partial charge < -0.3 is 31.7 Å². The molecule has 0 heterocycles. The van der Waals surface area contributed by atoms with Gasteiger partial charge in [0.05, 0.1) is 6.04 Å². The topological polar surface area (TPSA) is 145 Å². The summed E-state index contributed by atoms with van der Waals surface area (Å²) in [6.07, 6.45) is 2.10. The van der Waals surface area contributed by atoms with Gasteiger partial charge in [0.2, 0.25) is 5.91 Å². The van der Waals surface area contributed by atoms with Crippen LogP contribution in [0.4, 0.5) is 0 Å². The van der Waals surface area contributed by atoms with Gasteiger partial charge in [-0.1, -0.05) is 0 Å². The molecule has 2 atom stereocenters. The van der Waals surface area contributed by atoms with Crippen molar-refractivity contribution in [2.24, 2.45) is 5.73 Å². The molecule has 2 rings (SSSR count). The Labute approximate surface area is 201 Å². The van der Waals surface area contributed by atoms with Gasteiger partial charge in [-0.2, -0.15) is 0 Å². The Bertz CT molecular complexity index is 975. The SMILES string of the molecule is Cc1cc(O)cc(C)c1C[C@H](NCCCCNC(=O)[C@@H](N)Cc1c(C)cc(O)cc1C)C(=O)O. The highest BCUT2D eigenvalue weighted by molar-refractivity contribution is 5.81. The van der Waals surface area contributed by atoms with Gasteiger partial charge in [-0.25, -0.2) is 0 Å². The third-order valence-electron chi connectivity index (χ3n) is 6.12. The quantitative estimate of drug-likeness (QED) is 0.261. The highest BCUT2D eigenvalue weighted by atomic mass is 16.4. The van der Waals surface area contributed by atoms with Crippen LogP contribution in [0.2, 0.25) is 0 Å². The van der Waals surface area contributed by atoms with E-state index in [2.05, 4.69) is 10.6 Å². The zero-order chi connectivity index (χ0) is 25.4. The molecule has 34 heavy (non-hydrogen) atoms. The summed E-state index contributed by atoms with van der Waals surface area (Å²) in [5, 5.41) is 34.9. The lowest BCUT2D eigenvalue weighted by atomic mass is 9.96. The highest BCUT2D eigenvalue weighted by Gasteiger charge is 2.20. The van der Waals surface area contributed by atoms with Gasteiger partial charge in [0, 0.05) is 6.54 Å². The highest BCUT2D eigenvalue weighted by Crippen LogP contribution is 2.23. The molecule has 0 unspecified atom stereocenters. The predicted molar refractivity (Wildman–Crippen MR) is 132 cm³/mol. The van der Waals surface area contributed by atoms with Crippen LogP contribution in [0, 0.1) is 27.7 Å². The van der Waals surface area contributed by atoms with E-state index in [0.29, 0.717) is 38.8 Å². The number of phenolic OH excluding ortho intramolecular Hbond substituents is 2. The minimum absolute atomic E-state index is 0.175. The molecule has 0 aliphatic heterocycles. The zero-order valence-corrected chi connectivity index (χ0v) is 20.4. The number of carbonyl (C=O) groups excluding carboxylic acids is 1. The first-order valence-corrected chi connectivity index (χ1v) is 11.6. The van der Waals surface area contributed by atoms with E-state index >= 15 is 0 Å². The second-order valence-electron chi connectivity index (χ2n) is 8.97. The molecule has 0 aliphatic rings. The van der Waals surface area contributed by atoms with Crippen molar-refractivity contribution in [1.29, 1.82) is 0 Å². The average Bonchev–Trinajstić information content (AvgIpc) is 2.73. The molecular formula is C26H37N3O5. The number of benzene rings is 2. The fourth-order valence-corrected chi connectivity index (χ4v) is 4.22. The van der Waals surface area contributed by atoms with E-state index in [4.69, 9.17) is 5.73 Å². The summed E-state index contributed by atoms with van der Waals surface area (Å²) in [6.45, 7) is 8.44. The Hall–Kier alpha value is -3.10. The van der Waals surface area contributed by atoms with Crippen LogP contribution in [0.3, 0.4) is 0 Å². The smallest absolute Gasteiger partial charge is 0.321 e. The molecule has 0 radical (unpaired) electrons. The zero-order valence-electron chi connectivity index (χ0n) is 20.4. The van der Waals surface area contributed by atoms with Gasteiger partial charge in [-0.15, -0.1) is 0 Å². The molecule has 0 saturated carbocycles. The van der Waals surface area contributed by atoms with Crippen LogP contribution < -0.4 is 16.4 Å². The van der Waals surface area contributed by atoms with Gasteiger partial charge in [-0.05, 0) is 118 Å². The molecule has 8 nitrogen and oxygen atoms in total. The average molecular weight is 472 g/mol. The van der Waals surface area contributed by atoms with Crippen molar-refractivity contribution < 1.29 is 24.9 Å². The Morgan fingerprint density at radius 3 is 1.74 bits per heavy atom. The number of hydrogen-bond donors (Lipinski definition) is 6. The molecule has 7 N–H and O–H groups in total. The monoisotopic (exact) mass is 471 g/mol. The van der Waals surface area contributed by atoms with Crippen molar-refractivity contribution in [2.75, 3.05) is 13.1 Å². The number of nitrogens with two attached hydrogens (primary N) is 1. The molecule has 0 spiro atoms. The molecule has 0 aromatic heterocycles. The van der Waals surface area contributed by atoms with Crippen LogP contribution in [0.25, 0.3) is 0 Å². The molecular weight excluding hydrogens is 434 g/mol. The van der Waals surface area contributed by atoms with Gasteiger partial charge in [0.15, 0.2) is 0 Å². The van der Waals surface area contributed by atoms with Crippen LogP contribution in [0.5, 0.6) is 11.5 Å². The Morgan fingerprint density at radius 1 is 0.824 bits per heavy atom. The number of phenols is 2. The molecule has 8 heteroatoms. The number of aryl methyl sites for hydroxylation is 4. The summed E-state index contributed by atoms with van der Waals surface area (Å²) in [7, 11) is 0. The number of amides is 1. The number of rotatable bonds is 12. The second kappa shape index (κ2) is 12.4. The Balaban J connectivity index is 1.75. The minimum atomic E-state index is -0.925. The van der Waals surface area contributed by atoms with Crippen LogP contribution in [-0.2, 0) is 22.4 Å². The van der Waals surface area contributed by atoms with E-state index in [1.165, 1.54) is 0 Å². The summed E-state index contributed by atoms with van der Waals surface area (Å²) in [5.74, 6) is -0.787. The fraction of sp³-hybridized carbons (Fsp3) is 0.462. The third kappa shape index (κ3) is 7.74. The second-order valence-corrected chi connectivity index (χ2v) is 8.97. The van der Waals surface area contributed by atoms with E-state index in [-0.39, 0.29) is 17.4 Å². The normalized spacial score (nSPS) is 12.9. The number of carboxylic acid groups (broad SMARTS) is 1. The predicted octanol–water partition coefficient (Wildman–Crippen LogP) is 2.38. The lowest BCUT2D eigenvalue weighted by Gasteiger charge is -2.18. The molecule has 2 aromatic rings. The lowest BCUT2D eigenvalue weighted by molar-refractivity contribution is -0.139. The summed E-state index contributed by atoms with van der Waals surface area (Å²) in [5.41, 5.74) is 11.5. The number of carbonyl (C=O) groups is 2. The lowest BCUT2D eigenvalue weighted by Crippen LogP contribution is -2.43. The van der Waals surface area contributed by atoms with Crippen molar-refractivity contribution in [3.8, 4) is 11.5 Å². The first-order valence-electron chi connectivity index (χ1n) is 11.6. The van der Waals surface area contributed by atoms with Crippen LogP contribution >= 0.6 is 0 Å². The molecule has 0 fully saturated rings. The minimum Gasteiger partial charge on any atom is -0.508 e. The number of carboxylic acids is 1. The van der Waals surface area contributed by atoms with Crippen LogP contribution in [0.1, 0.15) is 46.2 Å². The first-order chi connectivity index (χ1) is 16.0. The number of hydrogen-bond acceptors (Lipinski definition) is 6. The number of aromatic hydroxyl groups is 2. The first kappa shape index (κ1) is 27.1. The molecule has 0 aliphatic carbocycles. The maximum Gasteiger partial charge on any atom is 0.321 e. The van der Waals surface area contributed by atoms with E-state index in [9.17, 15) is 24.9 Å². The van der Waals surface area contributed by atoms with Crippen molar-refractivity contribution in [1.82, 2.24) is 10.6 Å². The number of unbranched alkanes of at least 4 members (excludes halogenated alkanes) is 1. The van der Waals surface area contributed by atoms with E-state index in [0.717, 1.165) is 33.4 Å². The summed E-state index contributed by atoms with van der Waals surface area (Å²) >= 11 is 0. The Kier molecular flexibility index (Phi) is 9.89. The summed E-state index contributed by atoms with van der Waals surface area (Å²) in [4.78, 5) is 24.1. The molecule has 0 bridgehead atoms. The summed E-state index contributed by atoms with van der Waals surface area (Å²) < 4.78 is 0. The number of aliphatic carboxylic acids is 1. The van der Waals surface area contributed by atoms with Gasteiger partial charge in [0.25, 0.3) is 0 Å². The van der Waals surface area contributed by atoms with E-state index < -0.39 is 18.1 Å². The molecule has 186 valence electrons. The fourth-order valence-electron chi connectivity index (χ4n) is 4.22. The standard InChI is InChI=1S/C26H37N3O5/c1-15-9-19(30)10-16(2)21(15)13-23(27)25(32)29-8-6-5-7-28-24(26(33)34)14-22-17(3)11-20(31)12-18(22)4/h9-12,23-24,28,30-31H,5-8,13-14,27H2,1-4H3,(H,29,32)(H,33,34)/t23-,24-/m0/s1. The van der Waals surface area contributed by atoms with Crippen LogP contribution in [-0.4, -0.2) is 52.4 Å². The van der Waals surface area contributed by atoms with Crippen molar-refractivity contribution in [3.63, 3.8) is 0 Å². The maximum atomic E-state index is 12.4. The summed E-state index contributed by atoms with van der Waals surface area (Å²) in [6, 6.07) is 5.18. The number of nitrogens with one attached hydrogen (secondary N) is 2. The third-order valence-corrected chi connectivity index (χ3v) is 6.12. The van der Waals surface area contributed by atoms with E-state index in [1.54, 1.807) is 24.3 Å². The van der Waals surface area contributed by atoms with Gasteiger partial charge in [-0.3, -0.25) is 9.59 Å². The maximum absolute atomic E-state index is 12.4. The van der Waals surface area contributed by atoms with Crippen LogP contribution in [0.15, 0.2) is 24.3 Å². The van der Waals surface area contributed by atoms with Crippen molar-refractivity contribution in [2.45, 2.75) is 65.5 Å². The van der Waals surface area contributed by atoms with Crippen molar-refractivity contribution >= 4 is 11.9 Å². The molecule has 0 saturated heterocycles. The molecule has 1 amide bonds. The van der Waals surface area contributed by atoms with E-state index in [1.807, 2.05) is 27.7 Å². The largest absolute Gasteiger partial charge is 0.508 e. The van der Waals surface area contributed by atoms with Crippen molar-refractivity contribution in [3.05, 3.63) is 57.6 Å².